The van der Waals surface area contributed by atoms with Crippen molar-refractivity contribution < 1.29 is 44.3 Å². The van der Waals surface area contributed by atoms with Crippen LogP contribution in [-0.2, 0) is 23.9 Å². The third kappa shape index (κ3) is 21.1. The van der Waals surface area contributed by atoms with E-state index in [0.29, 0.717) is 30.4 Å². The van der Waals surface area contributed by atoms with E-state index in [9.17, 15) is 19.2 Å². The quantitative estimate of drug-likeness (QED) is 0.267. The van der Waals surface area contributed by atoms with Gasteiger partial charge in [-0.1, -0.05) is 27.2 Å². The predicted molar refractivity (Wildman–Crippen MR) is 126 cm³/mol. The summed E-state index contributed by atoms with van der Waals surface area (Å²) < 4.78 is 6.16. The van der Waals surface area contributed by atoms with E-state index in [1.807, 2.05) is 0 Å². The molecule has 0 aromatic heterocycles. The lowest BCUT2D eigenvalue weighted by Gasteiger charge is -2.37. The number of carboxylic acids is 4. The Bertz CT molecular complexity index is 611. The van der Waals surface area contributed by atoms with Gasteiger partial charge in [0.05, 0.1) is 12.7 Å². The highest BCUT2D eigenvalue weighted by Crippen LogP contribution is 2.35. The van der Waals surface area contributed by atoms with E-state index in [-0.39, 0.29) is 0 Å². The van der Waals surface area contributed by atoms with Gasteiger partial charge in [0.1, 0.15) is 0 Å². The molecule has 3 atom stereocenters. The van der Waals surface area contributed by atoms with E-state index in [0.717, 1.165) is 44.0 Å². The molecular formula is C23H40N2O9. The van der Waals surface area contributed by atoms with Gasteiger partial charge in [-0.15, -0.1) is 0 Å². The summed E-state index contributed by atoms with van der Waals surface area (Å²) in [7, 11) is 2.11. The number of ether oxygens (including phenoxy) is 1. The minimum atomic E-state index is -1.26. The molecule has 11 heteroatoms. The molecule has 0 aromatic rings. The van der Waals surface area contributed by atoms with Crippen LogP contribution in [0.2, 0.25) is 0 Å². The first-order valence-corrected chi connectivity index (χ1v) is 11.1. The maximum absolute atomic E-state index is 9.55. The summed E-state index contributed by atoms with van der Waals surface area (Å²) in [4.78, 5) is 40.5. The molecule has 0 spiro atoms. The van der Waals surface area contributed by atoms with Crippen LogP contribution in [0.3, 0.4) is 0 Å². The maximum Gasteiger partial charge on any atom is 0.328 e. The molecule has 11 nitrogen and oxygen atoms in total. The molecule has 0 amide bonds. The van der Waals surface area contributed by atoms with Crippen molar-refractivity contribution in [1.29, 1.82) is 0 Å². The smallest absolute Gasteiger partial charge is 0.328 e. The van der Waals surface area contributed by atoms with Crippen LogP contribution in [0.5, 0.6) is 0 Å². The van der Waals surface area contributed by atoms with E-state index >= 15 is 0 Å². The third-order valence-corrected chi connectivity index (χ3v) is 5.01. The second kappa shape index (κ2) is 19.7. The average molecular weight is 489 g/mol. The minimum absolute atomic E-state index is 0.472. The Morgan fingerprint density at radius 3 is 1.71 bits per heavy atom. The second-order valence-corrected chi connectivity index (χ2v) is 8.35. The van der Waals surface area contributed by atoms with Gasteiger partial charge in [-0.3, -0.25) is 0 Å². The predicted octanol–water partition coefficient (Wildman–Crippen LogP) is 1.78. The van der Waals surface area contributed by atoms with E-state index in [1.165, 1.54) is 19.3 Å². The van der Waals surface area contributed by atoms with Gasteiger partial charge >= 0.3 is 23.9 Å². The van der Waals surface area contributed by atoms with Crippen LogP contribution < -0.4 is 5.73 Å². The molecule has 1 rings (SSSR count). The van der Waals surface area contributed by atoms with Crippen LogP contribution in [0.1, 0.15) is 40.0 Å². The Morgan fingerprint density at radius 1 is 0.912 bits per heavy atom. The highest BCUT2D eigenvalue weighted by molar-refractivity contribution is 5.90. The van der Waals surface area contributed by atoms with E-state index in [4.69, 9.17) is 30.9 Å². The van der Waals surface area contributed by atoms with Crippen LogP contribution in [0.4, 0.5) is 0 Å². The van der Waals surface area contributed by atoms with E-state index in [2.05, 4.69) is 32.7 Å². The molecule has 1 aliphatic carbocycles. The normalized spacial score (nSPS) is 19.9. The Hall–Kier alpha value is -2.76. The number of carbonyl (C=O) groups is 4. The SMILES string of the molecule is CC(C)[C@@H]1CC[C@@H](C)C[C@H]1OCCN(C)CCN.O=C(O)C=CC(=O)O.O=C(O)C=CC(=O)O. The van der Waals surface area contributed by atoms with Gasteiger partial charge in [-0.25, -0.2) is 19.2 Å². The zero-order valence-electron chi connectivity index (χ0n) is 20.4. The van der Waals surface area contributed by atoms with Crippen molar-refractivity contribution in [2.24, 2.45) is 23.5 Å². The monoisotopic (exact) mass is 488 g/mol. The van der Waals surface area contributed by atoms with Gasteiger partial charge in [0.15, 0.2) is 0 Å². The molecule has 0 bridgehead atoms. The standard InChI is InChI=1S/C15H32N2O.2C4H4O4/c1-12(2)14-6-5-13(3)11-15(14)18-10-9-17(4)8-7-16;2*5-3(6)1-2-4(7)8/h12-15H,5-11,16H2,1-4H3;2*1-2H,(H,5,6)(H,7,8)/t13-,14+,15-;;/m1../s1. The van der Waals surface area contributed by atoms with Gasteiger partial charge < -0.3 is 35.8 Å². The fourth-order valence-electron chi connectivity index (χ4n) is 3.28. The highest BCUT2D eigenvalue weighted by atomic mass is 16.5. The van der Waals surface area contributed by atoms with Crippen molar-refractivity contribution in [2.75, 3.05) is 33.3 Å². The fourth-order valence-corrected chi connectivity index (χ4v) is 3.28. The molecule has 0 aliphatic heterocycles. The number of nitrogens with two attached hydrogens (primary N) is 1. The van der Waals surface area contributed by atoms with Crippen molar-refractivity contribution in [2.45, 2.75) is 46.1 Å². The molecule has 1 saturated carbocycles. The van der Waals surface area contributed by atoms with Crippen molar-refractivity contribution in [3.05, 3.63) is 24.3 Å². The molecule has 6 N–H and O–H groups in total. The zero-order chi connectivity index (χ0) is 26.7. The summed E-state index contributed by atoms with van der Waals surface area (Å²) in [5, 5.41) is 31.2. The van der Waals surface area contributed by atoms with Crippen LogP contribution >= 0.6 is 0 Å². The van der Waals surface area contributed by atoms with Crippen molar-refractivity contribution in [1.82, 2.24) is 4.90 Å². The number of hydrogen-bond acceptors (Lipinski definition) is 7. The number of rotatable bonds is 11. The molecule has 0 unspecified atom stereocenters. The number of aliphatic carboxylic acids is 4. The Labute approximate surface area is 200 Å². The summed E-state index contributed by atoms with van der Waals surface area (Å²) in [6.45, 7) is 10.5. The average Bonchev–Trinajstić information content (AvgIpc) is 2.72. The molecule has 0 saturated heterocycles. The van der Waals surface area contributed by atoms with Crippen molar-refractivity contribution in [3.63, 3.8) is 0 Å². The van der Waals surface area contributed by atoms with Gasteiger partial charge in [-0.2, -0.15) is 0 Å². The first kappa shape index (κ1) is 33.4. The minimum Gasteiger partial charge on any atom is -0.478 e. The summed E-state index contributed by atoms with van der Waals surface area (Å²) in [6.07, 6.45) is 6.65. The summed E-state index contributed by atoms with van der Waals surface area (Å²) >= 11 is 0. The first-order chi connectivity index (χ1) is 15.8. The molecule has 0 aromatic carbocycles. The second-order valence-electron chi connectivity index (χ2n) is 8.35. The topological polar surface area (TPSA) is 188 Å². The van der Waals surface area contributed by atoms with Crippen LogP contribution in [-0.4, -0.2) is 88.6 Å². The summed E-state index contributed by atoms with van der Waals surface area (Å²) in [6, 6.07) is 0. The molecule has 0 radical (unpaired) electrons. The number of carboxylic acid groups (broad SMARTS) is 4. The van der Waals surface area contributed by atoms with Gasteiger partial charge in [0.25, 0.3) is 0 Å². The Morgan fingerprint density at radius 2 is 1.35 bits per heavy atom. The molecule has 196 valence electrons. The highest BCUT2D eigenvalue weighted by Gasteiger charge is 2.31. The maximum atomic E-state index is 9.55. The lowest BCUT2D eigenvalue weighted by molar-refractivity contribution is -0.134. The Balaban J connectivity index is 0. The summed E-state index contributed by atoms with van der Waals surface area (Å²) in [5.41, 5.74) is 5.54. The lowest BCUT2D eigenvalue weighted by atomic mass is 9.75. The van der Waals surface area contributed by atoms with Crippen LogP contribution in [0.25, 0.3) is 0 Å². The van der Waals surface area contributed by atoms with E-state index in [1.54, 1.807) is 0 Å². The largest absolute Gasteiger partial charge is 0.478 e. The molecule has 1 aliphatic rings. The van der Waals surface area contributed by atoms with Crippen molar-refractivity contribution in [3.8, 4) is 0 Å². The summed E-state index contributed by atoms with van der Waals surface area (Å²) in [5.74, 6) is -2.71. The molecular weight excluding hydrogens is 448 g/mol. The van der Waals surface area contributed by atoms with E-state index < -0.39 is 23.9 Å². The number of likely N-dealkylation sites (N-methyl/N-ethyl adjacent to an activating group) is 1. The van der Waals surface area contributed by atoms with Crippen LogP contribution in [0, 0.1) is 17.8 Å². The Kier molecular flexibility index (Phi) is 19.3. The molecule has 34 heavy (non-hydrogen) atoms. The van der Waals surface area contributed by atoms with Gasteiger partial charge in [0.2, 0.25) is 0 Å². The first-order valence-electron chi connectivity index (χ1n) is 11.1. The number of hydrogen-bond donors (Lipinski definition) is 5. The fraction of sp³-hybridized carbons (Fsp3) is 0.652. The molecule has 0 heterocycles. The number of nitrogens with zero attached hydrogens (tertiary/aromatic N) is 1. The van der Waals surface area contributed by atoms with Gasteiger partial charge in [0, 0.05) is 43.9 Å². The van der Waals surface area contributed by atoms with Gasteiger partial charge in [-0.05, 0) is 37.6 Å². The zero-order valence-corrected chi connectivity index (χ0v) is 20.4. The molecule has 1 fully saturated rings. The third-order valence-electron chi connectivity index (χ3n) is 5.01. The van der Waals surface area contributed by atoms with Crippen molar-refractivity contribution >= 4 is 23.9 Å². The van der Waals surface area contributed by atoms with Crippen LogP contribution in [0.15, 0.2) is 24.3 Å². The lowest BCUT2D eigenvalue weighted by Crippen LogP contribution is -2.36.